The number of nitrogens with one attached hydrogen (secondary N) is 3. The molecular weight excluding hydrogens is 324 g/mol. The molecule has 1 aliphatic heterocycles. The highest BCUT2D eigenvalue weighted by molar-refractivity contribution is 5.76. The molecule has 25 heavy (non-hydrogen) atoms. The molecule has 1 amide bonds. The van der Waals surface area contributed by atoms with Crippen LogP contribution >= 0.6 is 0 Å². The number of hydrazine groups is 1. The van der Waals surface area contributed by atoms with Gasteiger partial charge in [0, 0.05) is 36.0 Å². The van der Waals surface area contributed by atoms with Crippen molar-refractivity contribution in [3.8, 4) is 0 Å². The van der Waals surface area contributed by atoms with E-state index in [1.54, 1.807) is 0 Å². The van der Waals surface area contributed by atoms with Gasteiger partial charge in [0.2, 0.25) is 5.91 Å². The van der Waals surface area contributed by atoms with Crippen LogP contribution in [0.1, 0.15) is 45.6 Å². The molecule has 1 aliphatic carbocycles. The quantitative estimate of drug-likeness (QED) is 0.739. The fourth-order valence-electron chi connectivity index (χ4n) is 4.31. The molecule has 6 heteroatoms. The van der Waals surface area contributed by atoms with Gasteiger partial charge < -0.3 is 5.32 Å². The van der Waals surface area contributed by atoms with Crippen LogP contribution in [0.15, 0.2) is 18.2 Å². The lowest BCUT2D eigenvalue weighted by Crippen LogP contribution is -2.37. The summed E-state index contributed by atoms with van der Waals surface area (Å²) in [5.74, 6) is -0.518. The summed E-state index contributed by atoms with van der Waals surface area (Å²) in [6.45, 7) is 6.59. The molecule has 1 aromatic carbocycles. The summed E-state index contributed by atoms with van der Waals surface area (Å²) in [6.07, 6.45) is 1.81. The second-order valence-corrected chi connectivity index (χ2v) is 7.78. The third-order valence-electron chi connectivity index (χ3n) is 5.83. The van der Waals surface area contributed by atoms with E-state index in [1.165, 1.54) is 18.2 Å². The Kier molecular flexibility index (Phi) is 5.11. The van der Waals surface area contributed by atoms with Gasteiger partial charge in [0.05, 0.1) is 0 Å². The minimum atomic E-state index is -0.578. The normalized spacial score (nSPS) is 28.6. The fraction of sp³-hybridized carbons (Fsp3) is 0.632. The molecule has 1 saturated carbocycles. The number of carbonyl (C=O) groups excluding carboxylic acids is 1. The molecule has 0 spiro atoms. The average Bonchev–Trinajstić information content (AvgIpc) is 3.24. The smallest absolute Gasteiger partial charge is 0.220 e. The summed E-state index contributed by atoms with van der Waals surface area (Å²) < 4.78 is 28.1. The molecule has 2 fully saturated rings. The van der Waals surface area contributed by atoms with Gasteiger partial charge in [-0.1, -0.05) is 13.0 Å². The maximum Gasteiger partial charge on any atom is 0.220 e. The van der Waals surface area contributed by atoms with Crippen LogP contribution in [0.3, 0.4) is 0 Å². The third-order valence-corrected chi connectivity index (χ3v) is 5.83. The van der Waals surface area contributed by atoms with Gasteiger partial charge in [0.1, 0.15) is 11.6 Å². The molecule has 3 N–H and O–H groups in total. The maximum atomic E-state index is 14.0. The summed E-state index contributed by atoms with van der Waals surface area (Å²) >= 11 is 0. The molecule has 138 valence electrons. The molecule has 2 aliphatic rings. The Balaban J connectivity index is 1.57. The molecular formula is C19H27F2N3O. The number of hydrogen-bond donors (Lipinski definition) is 3. The predicted molar refractivity (Wildman–Crippen MR) is 92.7 cm³/mol. The summed E-state index contributed by atoms with van der Waals surface area (Å²) in [5, 5.41) is 2.91. The van der Waals surface area contributed by atoms with E-state index in [4.69, 9.17) is 0 Å². The first kappa shape index (κ1) is 18.3. The molecule has 3 unspecified atom stereocenters. The van der Waals surface area contributed by atoms with E-state index in [0.717, 1.165) is 0 Å². The number of hydrogen-bond acceptors (Lipinski definition) is 3. The lowest BCUT2D eigenvalue weighted by molar-refractivity contribution is -0.122. The summed E-state index contributed by atoms with van der Waals surface area (Å²) in [4.78, 5) is 12.4. The number of halogens is 2. The predicted octanol–water partition coefficient (Wildman–Crippen LogP) is 2.64. The van der Waals surface area contributed by atoms with Gasteiger partial charge in [-0.3, -0.25) is 15.6 Å². The van der Waals surface area contributed by atoms with Gasteiger partial charge in [-0.15, -0.1) is 0 Å². The van der Waals surface area contributed by atoms with Crippen LogP contribution < -0.4 is 16.2 Å². The SMILES string of the molecule is CC(CC(=O)NCC1(c2c(F)cccc2F)CC1)C1C(C)NNC1C. The monoisotopic (exact) mass is 351 g/mol. The van der Waals surface area contributed by atoms with Crippen LogP contribution in [-0.2, 0) is 10.2 Å². The molecule has 0 radical (unpaired) electrons. The van der Waals surface area contributed by atoms with Gasteiger partial charge in [-0.05, 0) is 50.7 Å². The van der Waals surface area contributed by atoms with Crippen molar-refractivity contribution in [1.29, 1.82) is 0 Å². The zero-order valence-corrected chi connectivity index (χ0v) is 15.0. The van der Waals surface area contributed by atoms with Crippen molar-refractivity contribution in [2.45, 2.75) is 57.5 Å². The zero-order valence-electron chi connectivity index (χ0n) is 15.0. The van der Waals surface area contributed by atoms with Gasteiger partial charge in [0.25, 0.3) is 0 Å². The highest BCUT2D eigenvalue weighted by Gasteiger charge is 2.48. The van der Waals surface area contributed by atoms with Gasteiger partial charge in [0.15, 0.2) is 0 Å². The number of rotatable bonds is 6. The third kappa shape index (κ3) is 3.70. The van der Waals surface area contributed by atoms with Gasteiger partial charge in [-0.25, -0.2) is 8.78 Å². The van der Waals surface area contributed by atoms with Crippen LogP contribution in [0, 0.1) is 23.5 Å². The Morgan fingerprint density at radius 1 is 1.24 bits per heavy atom. The van der Waals surface area contributed by atoms with Crippen LogP contribution in [0.25, 0.3) is 0 Å². The molecule has 0 aromatic heterocycles. The number of carbonyl (C=O) groups is 1. The average molecular weight is 351 g/mol. The first-order valence-corrected chi connectivity index (χ1v) is 9.06. The van der Waals surface area contributed by atoms with E-state index in [-0.39, 0.29) is 17.4 Å². The zero-order chi connectivity index (χ0) is 18.2. The Morgan fingerprint density at radius 3 is 2.32 bits per heavy atom. The summed E-state index contributed by atoms with van der Waals surface area (Å²) in [7, 11) is 0. The minimum Gasteiger partial charge on any atom is -0.355 e. The molecule has 3 atom stereocenters. The Morgan fingerprint density at radius 2 is 1.80 bits per heavy atom. The van der Waals surface area contributed by atoms with Crippen LogP contribution in [0.5, 0.6) is 0 Å². The molecule has 1 aromatic rings. The second kappa shape index (κ2) is 7.00. The van der Waals surface area contributed by atoms with Gasteiger partial charge in [-0.2, -0.15) is 0 Å². The van der Waals surface area contributed by atoms with E-state index < -0.39 is 17.0 Å². The molecule has 1 saturated heterocycles. The fourth-order valence-corrected chi connectivity index (χ4v) is 4.31. The van der Waals surface area contributed by atoms with Crippen LogP contribution in [-0.4, -0.2) is 24.5 Å². The van der Waals surface area contributed by atoms with Crippen molar-refractivity contribution < 1.29 is 13.6 Å². The highest BCUT2D eigenvalue weighted by atomic mass is 19.1. The maximum absolute atomic E-state index is 14.0. The number of benzene rings is 1. The van der Waals surface area contributed by atoms with Crippen molar-refractivity contribution >= 4 is 5.91 Å². The lowest BCUT2D eigenvalue weighted by atomic mass is 9.82. The van der Waals surface area contributed by atoms with Gasteiger partial charge >= 0.3 is 0 Å². The molecule has 3 rings (SSSR count). The Bertz CT molecular complexity index is 617. The lowest BCUT2D eigenvalue weighted by Gasteiger charge is -2.25. The van der Waals surface area contributed by atoms with E-state index in [9.17, 15) is 13.6 Å². The van der Waals surface area contributed by atoms with Crippen molar-refractivity contribution in [2.24, 2.45) is 11.8 Å². The van der Waals surface area contributed by atoms with E-state index >= 15 is 0 Å². The van der Waals surface area contributed by atoms with Crippen molar-refractivity contribution in [1.82, 2.24) is 16.2 Å². The summed E-state index contributed by atoms with van der Waals surface area (Å²) in [5.41, 5.74) is 5.96. The standard InChI is InChI=1S/C19H27F2N3O/c1-11(17-12(2)23-24-13(17)3)9-16(25)22-10-19(7-8-19)18-14(20)5-4-6-15(18)21/h4-6,11-13,17,23-24H,7-10H2,1-3H3,(H,22,25). The number of amides is 1. The molecule has 1 heterocycles. The summed E-state index contributed by atoms with van der Waals surface area (Å²) in [6, 6.07) is 4.55. The Labute approximate surface area is 147 Å². The highest BCUT2D eigenvalue weighted by Crippen LogP contribution is 2.49. The Hall–Kier alpha value is -1.53. The first-order chi connectivity index (χ1) is 11.8. The minimum absolute atomic E-state index is 0.0539. The van der Waals surface area contributed by atoms with Crippen molar-refractivity contribution in [3.63, 3.8) is 0 Å². The van der Waals surface area contributed by atoms with E-state index in [1.807, 2.05) is 0 Å². The topological polar surface area (TPSA) is 53.2 Å². The first-order valence-electron chi connectivity index (χ1n) is 9.06. The van der Waals surface area contributed by atoms with Crippen LogP contribution in [0.4, 0.5) is 8.78 Å². The van der Waals surface area contributed by atoms with E-state index in [0.29, 0.717) is 43.8 Å². The second-order valence-electron chi connectivity index (χ2n) is 7.78. The van der Waals surface area contributed by atoms with Crippen molar-refractivity contribution in [3.05, 3.63) is 35.4 Å². The largest absolute Gasteiger partial charge is 0.355 e. The van der Waals surface area contributed by atoms with E-state index in [2.05, 4.69) is 36.9 Å². The van der Waals surface area contributed by atoms with Crippen molar-refractivity contribution in [2.75, 3.05) is 6.54 Å². The molecule has 0 bridgehead atoms. The van der Waals surface area contributed by atoms with Crippen LogP contribution in [0.2, 0.25) is 0 Å². The molecule has 4 nitrogen and oxygen atoms in total.